The molecule has 2 aliphatic carbocycles. The average Bonchev–Trinajstić information content (AvgIpc) is 3.93. The van der Waals surface area contributed by atoms with E-state index < -0.39 is 91.5 Å². The minimum absolute atomic E-state index is 0.0326. The zero-order valence-electron chi connectivity index (χ0n) is 24.6. The summed E-state index contributed by atoms with van der Waals surface area (Å²) in [6, 6.07) is 1.54. The summed E-state index contributed by atoms with van der Waals surface area (Å²) in [6.07, 6.45) is -2.44. The molecule has 5 rings (SSSR count). The van der Waals surface area contributed by atoms with E-state index in [1.807, 2.05) is 0 Å². The summed E-state index contributed by atoms with van der Waals surface area (Å²) in [5, 5.41) is 3.33. The van der Waals surface area contributed by atoms with Gasteiger partial charge >= 0.3 is 6.18 Å². The van der Waals surface area contributed by atoms with Gasteiger partial charge in [-0.05, 0) is 56.7 Å². The van der Waals surface area contributed by atoms with Crippen molar-refractivity contribution in [3.05, 3.63) is 58.6 Å². The molecule has 3 aliphatic rings. The zero-order chi connectivity index (χ0) is 33.6. The fourth-order valence-electron chi connectivity index (χ4n) is 5.81. The predicted molar refractivity (Wildman–Crippen MR) is 156 cm³/mol. The van der Waals surface area contributed by atoms with E-state index in [-0.39, 0.29) is 36.0 Å². The third-order valence-corrected chi connectivity index (χ3v) is 10.9. The van der Waals surface area contributed by atoms with E-state index in [9.17, 15) is 45.2 Å². The maximum absolute atomic E-state index is 15.0. The number of nitrogens with one attached hydrogen (secondary N) is 2. The molecule has 46 heavy (non-hydrogen) atoms. The summed E-state index contributed by atoms with van der Waals surface area (Å²) in [7, 11) is -4.80. The number of carbonyl (C=O) groups is 4. The molecule has 3 fully saturated rings. The number of hydrogen-bond donors (Lipinski definition) is 2. The Morgan fingerprint density at radius 1 is 1.15 bits per heavy atom. The van der Waals surface area contributed by atoms with Crippen molar-refractivity contribution in [2.45, 2.75) is 91.7 Å². The van der Waals surface area contributed by atoms with Crippen LogP contribution in [0.4, 0.5) is 17.6 Å². The first kappa shape index (κ1) is 33.8. The Bertz CT molecular complexity index is 1680. The van der Waals surface area contributed by atoms with Crippen LogP contribution in [0.2, 0.25) is 5.02 Å². The molecule has 1 aromatic carbocycles. The van der Waals surface area contributed by atoms with Gasteiger partial charge in [-0.3, -0.25) is 24.2 Å². The van der Waals surface area contributed by atoms with Gasteiger partial charge in [0, 0.05) is 18.8 Å². The molecule has 1 unspecified atom stereocenters. The van der Waals surface area contributed by atoms with Crippen molar-refractivity contribution in [1.29, 1.82) is 0 Å². The topological polar surface area (TPSA) is 143 Å². The Labute approximate surface area is 267 Å². The number of Topliss-reactive ketones (excluding diaryl/α,β-unsaturated/α-hetero) is 1. The molecular formula is C30H31ClF4N4O6S. The highest BCUT2D eigenvalue weighted by atomic mass is 35.5. The van der Waals surface area contributed by atoms with Crippen LogP contribution in [0.15, 0.2) is 41.4 Å². The summed E-state index contributed by atoms with van der Waals surface area (Å²) in [6.45, 7) is 1.03. The van der Waals surface area contributed by atoms with Crippen molar-refractivity contribution in [3.63, 3.8) is 0 Å². The molecule has 3 atom stereocenters. The second-order valence-corrected chi connectivity index (χ2v) is 14.5. The summed E-state index contributed by atoms with van der Waals surface area (Å²) in [5.41, 5.74) is -3.22. The van der Waals surface area contributed by atoms with Crippen LogP contribution in [0.5, 0.6) is 0 Å². The zero-order valence-corrected chi connectivity index (χ0v) is 26.1. The van der Waals surface area contributed by atoms with Crippen LogP contribution in [-0.2, 0) is 40.6 Å². The molecule has 1 aliphatic heterocycles. The Balaban J connectivity index is 1.49. The van der Waals surface area contributed by atoms with E-state index in [2.05, 4.69) is 15.6 Å². The molecule has 1 saturated heterocycles. The minimum Gasteiger partial charge on any atom is -0.347 e. The van der Waals surface area contributed by atoms with Crippen molar-refractivity contribution in [2.75, 3.05) is 6.54 Å². The number of pyridine rings is 1. The minimum atomic E-state index is -5.01. The van der Waals surface area contributed by atoms with Gasteiger partial charge in [0.2, 0.25) is 17.6 Å². The number of benzene rings is 1. The SMILES string of the molecule is CCCC(NC(=O)[C@@H]1C[C@@H](S(=O)(=O)c2ccccc2C(F)(F)F)CN1C(=O)C1(c2ncc(Cl)cc2F)CC1)C(=O)C(=O)NC1CC1. The van der Waals surface area contributed by atoms with Crippen LogP contribution in [-0.4, -0.2) is 71.7 Å². The molecule has 2 N–H and O–H groups in total. The van der Waals surface area contributed by atoms with Gasteiger partial charge in [0.25, 0.3) is 5.91 Å². The summed E-state index contributed by atoms with van der Waals surface area (Å²) < 4.78 is 83.9. The fraction of sp³-hybridized carbons (Fsp3) is 0.500. The van der Waals surface area contributed by atoms with Crippen LogP contribution in [0, 0.1) is 5.82 Å². The highest BCUT2D eigenvalue weighted by Crippen LogP contribution is 2.51. The monoisotopic (exact) mass is 686 g/mol. The number of carbonyl (C=O) groups excluding carboxylic acids is 4. The molecule has 16 heteroatoms. The second kappa shape index (κ2) is 12.5. The van der Waals surface area contributed by atoms with Crippen molar-refractivity contribution in [2.24, 2.45) is 0 Å². The Morgan fingerprint density at radius 3 is 2.41 bits per heavy atom. The lowest BCUT2D eigenvalue weighted by molar-refractivity contribution is -0.143. The van der Waals surface area contributed by atoms with Crippen LogP contribution in [0.3, 0.4) is 0 Å². The lowest BCUT2D eigenvalue weighted by atomic mass is 9.98. The molecule has 248 valence electrons. The van der Waals surface area contributed by atoms with Gasteiger partial charge in [0.1, 0.15) is 11.9 Å². The fourth-order valence-corrected chi connectivity index (χ4v) is 7.86. The molecule has 10 nitrogen and oxygen atoms in total. The molecule has 3 amide bonds. The Morgan fingerprint density at radius 2 is 1.83 bits per heavy atom. The van der Waals surface area contributed by atoms with Crippen molar-refractivity contribution in [3.8, 4) is 0 Å². The largest absolute Gasteiger partial charge is 0.417 e. The highest BCUT2D eigenvalue weighted by molar-refractivity contribution is 7.92. The van der Waals surface area contributed by atoms with Crippen molar-refractivity contribution >= 4 is 44.9 Å². The highest BCUT2D eigenvalue weighted by Gasteiger charge is 2.59. The number of amides is 3. The number of hydrogen-bond acceptors (Lipinski definition) is 7. The molecule has 2 saturated carbocycles. The first-order valence-electron chi connectivity index (χ1n) is 14.8. The Hall–Kier alpha value is -3.59. The number of aromatic nitrogens is 1. The van der Waals surface area contributed by atoms with Crippen LogP contribution in [0.1, 0.15) is 63.1 Å². The van der Waals surface area contributed by atoms with Crippen LogP contribution >= 0.6 is 11.6 Å². The van der Waals surface area contributed by atoms with Gasteiger partial charge in [-0.25, -0.2) is 12.8 Å². The maximum atomic E-state index is 15.0. The molecular weight excluding hydrogens is 656 g/mol. The van der Waals surface area contributed by atoms with Crippen LogP contribution in [0.25, 0.3) is 0 Å². The third kappa shape index (κ3) is 6.61. The van der Waals surface area contributed by atoms with E-state index in [0.29, 0.717) is 25.3 Å². The van der Waals surface area contributed by atoms with Gasteiger partial charge < -0.3 is 15.5 Å². The van der Waals surface area contributed by atoms with Gasteiger partial charge in [-0.2, -0.15) is 13.2 Å². The van der Waals surface area contributed by atoms with E-state index >= 15 is 0 Å². The van der Waals surface area contributed by atoms with Gasteiger partial charge in [0.05, 0.1) is 37.9 Å². The summed E-state index contributed by atoms with van der Waals surface area (Å²) in [5.74, 6) is -4.52. The quantitative estimate of drug-likeness (QED) is 0.272. The first-order chi connectivity index (χ1) is 21.6. The Kier molecular flexibility index (Phi) is 9.21. The number of halogens is 5. The number of alkyl halides is 3. The molecule has 2 heterocycles. The number of sulfone groups is 1. The lowest BCUT2D eigenvalue weighted by Gasteiger charge is -2.29. The van der Waals surface area contributed by atoms with E-state index in [0.717, 1.165) is 35.4 Å². The number of rotatable bonds is 11. The number of nitrogens with zero attached hydrogens (tertiary/aromatic N) is 2. The number of ketones is 1. The van der Waals surface area contributed by atoms with Gasteiger partial charge in [-0.15, -0.1) is 0 Å². The van der Waals surface area contributed by atoms with Crippen molar-refractivity contribution in [1.82, 2.24) is 20.5 Å². The molecule has 0 bridgehead atoms. The smallest absolute Gasteiger partial charge is 0.347 e. The lowest BCUT2D eigenvalue weighted by Crippen LogP contribution is -2.54. The third-order valence-electron chi connectivity index (χ3n) is 8.53. The van der Waals surface area contributed by atoms with Crippen molar-refractivity contribution < 1.29 is 45.2 Å². The summed E-state index contributed by atoms with van der Waals surface area (Å²) >= 11 is 5.83. The molecule has 1 aromatic heterocycles. The summed E-state index contributed by atoms with van der Waals surface area (Å²) in [4.78, 5) is 57.2. The number of likely N-dealkylation sites (tertiary alicyclic amines) is 1. The van der Waals surface area contributed by atoms with E-state index in [1.165, 1.54) is 0 Å². The molecule has 0 spiro atoms. The van der Waals surface area contributed by atoms with Gasteiger partial charge in [0.15, 0.2) is 9.84 Å². The maximum Gasteiger partial charge on any atom is 0.417 e. The van der Waals surface area contributed by atoms with Crippen LogP contribution < -0.4 is 10.6 Å². The predicted octanol–water partition coefficient (Wildman–Crippen LogP) is 3.50. The first-order valence-corrected chi connectivity index (χ1v) is 16.7. The molecule has 0 radical (unpaired) electrons. The van der Waals surface area contributed by atoms with E-state index in [4.69, 9.17) is 11.6 Å². The average molecular weight is 687 g/mol. The van der Waals surface area contributed by atoms with Gasteiger partial charge in [-0.1, -0.05) is 37.1 Å². The second-order valence-electron chi connectivity index (χ2n) is 11.9. The van der Waals surface area contributed by atoms with E-state index in [1.54, 1.807) is 6.92 Å². The molecule has 2 aromatic rings. The normalized spacial score (nSPS) is 21.4. The standard InChI is InChI=1S/C30H31ClF4N4O6S/c1-2-5-21(24(40)27(42)37-17-8-9-17)38-26(41)22-13-18(46(44,45)23-7-4-3-6-19(23)30(33,34)35)15-39(22)28(43)29(10-11-29)25-20(32)12-16(31)14-36-25/h3-4,6-7,12,14,17-18,21-22H,2,5,8-11,13,15H2,1H3,(H,37,42)(H,38,41)/t18-,21?,22+/m1/s1.